The van der Waals surface area contributed by atoms with Crippen molar-refractivity contribution in [2.75, 3.05) is 33.3 Å². The third-order valence-electron chi connectivity index (χ3n) is 5.90. The number of aliphatic imine (C=N–C) groups is 1. The van der Waals surface area contributed by atoms with Gasteiger partial charge in [-0.15, -0.1) is 24.0 Å². The van der Waals surface area contributed by atoms with Crippen molar-refractivity contribution in [3.63, 3.8) is 0 Å². The van der Waals surface area contributed by atoms with Crippen molar-refractivity contribution >= 4 is 35.8 Å². The minimum Gasteiger partial charge on any atom is -0.484 e. The van der Waals surface area contributed by atoms with E-state index in [4.69, 9.17) is 4.74 Å². The average molecular weight is 548 g/mol. The lowest BCUT2D eigenvalue weighted by atomic mass is 9.99. The summed E-state index contributed by atoms with van der Waals surface area (Å²) in [6, 6.07) is 19.1. The van der Waals surface area contributed by atoms with Crippen LogP contribution in [0.5, 0.6) is 5.75 Å². The lowest BCUT2D eigenvalue weighted by Crippen LogP contribution is -2.40. The van der Waals surface area contributed by atoms with Gasteiger partial charge in [-0.3, -0.25) is 9.79 Å². The first-order valence-electron chi connectivity index (χ1n) is 11.2. The van der Waals surface area contributed by atoms with Crippen molar-refractivity contribution in [1.82, 2.24) is 15.5 Å². The van der Waals surface area contributed by atoms with Gasteiger partial charge in [-0.2, -0.15) is 0 Å². The van der Waals surface area contributed by atoms with E-state index in [1.165, 1.54) is 11.1 Å². The van der Waals surface area contributed by atoms with Crippen molar-refractivity contribution in [2.45, 2.75) is 37.6 Å². The second kappa shape index (κ2) is 12.1. The third kappa shape index (κ3) is 7.12. The quantitative estimate of drug-likeness (QED) is 0.301. The summed E-state index contributed by atoms with van der Waals surface area (Å²) in [7, 11) is 1.85. The second-order valence-corrected chi connectivity index (χ2v) is 8.34. The zero-order valence-corrected chi connectivity index (χ0v) is 21.0. The van der Waals surface area contributed by atoms with E-state index in [1.54, 1.807) is 0 Å². The Bertz CT molecular complexity index is 885. The third-order valence-corrected chi connectivity index (χ3v) is 5.90. The largest absolute Gasteiger partial charge is 0.484 e. The van der Waals surface area contributed by atoms with Gasteiger partial charge in [0.05, 0.1) is 0 Å². The maximum absolute atomic E-state index is 11.7. The molecule has 7 heteroatoms. The minimum absolute atomic E-state index is 0. The van der Waals surface area contributed by atoms with Crippen LogP contribution < -0.4 is 15.4 Å². The smallest absolute Gasteiger partial charge is 0.258 e. The summed E-state index contributed by atoms with van der Waals surface area (Å²) in [4.78, 5) is 18.5. The molecule has 2 fully saturated rings. The maximum atomic E-state index is 11.7. The predicted molar refractivity (Wildman–Crippen MR) is 139 cm³/mol. The summed E-state index contributed by atoms with van der Waals surface area (Å²) in [6.07, 6.45) is 4.23. The second-order valence-electron chi connectivity index (χ2n) is 8.34. The number of carbonyl (C=O) groups excluding carboxylic acids is 1. The Hall–Kier alpha value is -2.29. The van der Waals surface area contributed by atoms with Gasteiger partial charge in [0.15, 0.2) is 12.6 Å². The van der Waals surface area contributed by atoms with Crippen molar-refractivity contribution < 1.29 is 9.53 Å². The van der Waals surface area contributed by atoms with E-state index in [9.17, 15) is 4.79 Å². The molecule has 1 saturated heterocycles. The van der Waals surface area contributed by atoms with Gasteiger partial charge < -0.3 is 20.3 Å². The van der Waals surface area contributed by atoms with Crippen molar-refractivity contribution in [2.24, 2.45) is 4.99 Å². The van der Waals surface area contributed by atoms with Crippen LogP contribution in [0, 0.1) is 0 Å². The normalized spacial score (nSPS) is 18.1. The molecule has 2 aromatic carbocycles. The van der Waals surface area contributed by atoms with Gasteiger partial charge in [0.1, 0.15) is 5.75 Å². The van der Waals surface area contributed by atoms with Crippen LogP contribution in [0.3, 0.4) is 0 Å². The molecule has 6 nitrogen and oxygen atoms in total. The molecule has 0 bridgehead atoms. The Kier molecular flexibility index (Phi) is 9.20. The van der Waals surface area contributed by atoms with Crippen LogP contribution in [-0.2, 0) is 11.2 Å². The number of benzene rings is 2. The van der Waals surface area contributed by atoms with Crippen LogP contribution in [0.25, 0.3) is 0 Å². The maximum Gasteiger partial charge on any atom is 0.258 e. The van der Waals surface area contributed by atoms with Crippen LogP contribution in [-0.4, -0.2) is 56.1 Å². The summed E-state index contributed by atoms with van der Waals surface area (Å²) in [5, 5.41) is 6.43. The number of amides is 1. The molecule has 0 aromatic heterocycles. The number of nitrogens with zero attached hydrogens (tertiary/aromatic N) is 2. The van der Waals surface area contributed by atoms with E-state index >= 15 is 0 Å². The van der Waals surface area contributed by atoms with Gasteiger partial charge in [-0.25, -0.2) is 0 Å². The first kappa shape index (κ1) is 24.4. The van der Waals surface area contributed by atoms with E-state index in [0.29, 0.717) is 12.0 Å². The number of rotatable bonds is 8. The number of hydrogen-bond acceptors (Lipinski definition) is 3. The molecule has 4 rings (SSSR count). The first-order chi connectivity index (χ1) is 15.2. The van der Waals surface area contributed by atoms with Crippen LogP contribution in [0.15, 0.2) is 59.6 Å². The first-order valence-corrected chi connectivity index (χ1v) is 11.2. The number of carbonyl (C=O) groups is 1. The molecule has 1 amide bonds. The molecular formula is C25H33IN4O2. The van der Waals surface area contributed by atoms with E-state index in [1.807, 2.05) is 19.2 Å². The molecular weight excluding hydrogens is 515 g/mol. The summed E-state index contributed by atoms with van der Waals surface area (Å²) in [5.74, 6) is 2.22. The highest BCUT2D eigenvalue weighted by Gasteiger charge is 2.26. The molecule has 1 aliphatic heterocycles. The Balaban J connectivity index is 0.00000289. The minimum atomic E-state index is -0.0430. The van der Waals surface area contributed by atoms with Crippen LogP contribution in [0.2, 0.25) is 0 Å². The molecule has 2 aliphatic rings. The summed E-state index contributed by atoms with van der Waals surface area (Å²) >= 11 is 0. The Morgan fingerprint density at radius 1 is 1.09 bits per heavy atom. The number of ether oxygens (including phenoxy) is 1. The standard InChI is InChI=1S/C25H32N4O2.HI/c1-26-25(29-16-14-21(17-29)20-5-3-2-4-6-20)27-15-13-19-7-11-23(12-8-19)31-18-24(30)28-22-9-10-22;/h2-8,11-12,21-22H,9-10,13-18H2,1H3,(H,26,27)(H,28,30);1H. The monoisotopic (exact) mass is 548 g/mol. The lowest BCUT2D eigenvalue weighted by molar-refractivity contribution is -0.123. The molecule has 1 saturated carbocycles. The van der Waals surface area contributed by atoms with Crippen LogP contribution in [0.1, 0.15) is 36.3 Å². The fourth-order valence-electron chi connectivity index (χ4n) is 4.00. The van der Waals surface area contributed by atoms with Gasteiger partial charge in [-0.05, 0) is 48.9 Å². The molecule has 1 unspecified atom stereocenters. The fourth-order valence-corrected chi connectivity index (χ4v) is 4.00. The van der Waals surface area contributed by atoms with E-state index < -0.39 is 0 Å². The summed E-state index contributed by atoms with van der Waals surface area (Å²) < 4.78 is 5.57. The van der Waals surface area contributed by atoms with Crippen molar-refractivity contribution in [1.29, 1.82) is 0 Å². The highest BCUT2D eigenvalue weighted by Crippen LogP contribution is 2.26. The summed E-state index contributed by atoms with van der Waals surface area (Å²) in [5.41, 5.74) is 2.63. The molecule has 1 heterocycles. The molecule has 1 atom stereocenters. The predicted octanol–water partition coefficient (Wildman–Crippen LogP) is 3.57. The highest BCUT2D eigenvalue weighted by atomic mass is 127. The number of nitrogens with one attached hydrogen (secondary N) is 2. The Morgan fingerprint density at radius 3 is 2.53 bits per heavy atom. The zero-order valence-electron chi connectivity index (χ0n) is 18.6. The molecule has 172 valence electrons. The van der Waals surface area contributed by atoms with Gasteiger partial charge in [0.25, 0.3) is 5.91 Å². The highest BCUT2D eigenvalue weighted by molar-refractivity contribution is 14.0. The van der Waals surface area contributed by atoms with Gasteiger partial charge >= 0.3 is 0 Å². The average Bonchev–Trinajstić information content (AvgIpc) is 3.48. The van der Waals surface area contributed by atoms with Crippen LogP contribution in [0.4, 0.5) is 0 Å². The van der Waals surface area contributed by atoms with E-state index in [0.717, 1.165) is 57.0 Å². The van der Waals surface area contributed by atoms with Gasteiger partial charge in [-0.1, -0.05) is 42.5 Å². The Labute approximate surface area is 207 Å². The number of halogens is 1. The van der Waals surface area contributed by atoms with Gasteiger partial charge in [0.2, 0.25) is 0 Å². The molecule has 1 aliphatic carbocycles. The molecule has 0 spiro atoms. The molecule has 2 aromatic rings. The zero-order chi connectivity index (χ0) is 21.5. The number of hydrogen-bond donors (Lipinski definition) is 2. The molecule has 0 radical (unpaired) electrons. The Morgan fingerprint density at radius 2 is 1.84 bits per heavy atom. The fraction of sp³-hybridized carbons (Fsp3) is 0.440. The summed E-state index contributed by atoms with van der Waals surface area (Å²) in [6.45, 7) is 2.93. The van der Waals surface area contributed by atoms with Crippen molar-refractivity contribution in [3.05, 3.63) is 65.7 Å². The number of likely N-dealkylation sites (tertiary alicyclic amines) is 1. The molecule has 32 heavy (non-hydrogen) atoms. The van der Waals surface area contributed by atoms with Crippen molar-refractivity contribution in [3.8, 4) is 5.75 Å². The van der Waals surface area contributed by atoms with E-state index in [2.05, 4.69) is 63.0 Å². The van der Waals surface area contributed by atoms with Crippen LogP contribution >= 0.6 is 24.0 Å². The number of guanidine groups is 1. The SMILES string of the molecule is CN=C(NCCc1ccc(OCC(=O)NC2CC2)cc1)N1CCC(c2ccccc2)C1.I. The lowest BCUT2D eigenvalue weighted by Gasteiger charge is -2.22. The van der Waals surface area contributed by atoms with Gasteiger partial charge in [0, 0.05) is 38.6 Å². The van der Waals surface area contributed by atoms with E-state index in [-0.39, 0.29) is 36.5 Å². The topological polar surface area (TPSA) is 66.0 Å². The molecule has 2 N–H and O–H groups in total.